The number of nitrogen functional groups attached to an aromatic ring is 1. The second-order valence-corrected chi connectivity index (χ2v) is 4.53. The normalized spacial score (nSPS) is 16.6. The van der Waals surface area contributed by atoms with Crippen molar-refractivity contribution in [2.45, 2.75) is 24.6 Å². The maximum Gasteiger partial charge on any atom is 0.411 e. The largest absolute Gasteiger partial charge is 0.411 e. The van der Waals surface area contributed by atoms with Crippen LogP contribution in [0.4, 0.5) is 24.5 Å². The van der Waals surface area contributed by atoms with E-state index in [0.717, 1.165) is 6.07 Å². The molecule has 0 unspecified atom stereocenters. The number of rotatable bonds is 3. The van der Waals surface area contributed by atoms with Gasteiger partial charge in [0.25, 0.3) is 5.91 Å². The third kappa shape index (κ3) is 2.26. The van der Waals surface area contributed by atoms with Crippen molar-refractivity contribution >= 4 is 17.3 Å². The smallest absolute Gasteiger partial charge is 0.393 e. The van der Waals surface area contributed by atoms with E-state index in [4.69, 9.17) is 5.73 Å². The highest BCUT2D eigenvalue weighted by molar-refractivity contribution is 6.00. The van der Waals surface area contributed by atoms with Crippen LogP contribution in [0.1, 0.15) is 23.2 Å². The van der Waals surface area contributed by atoms with Gasteiger partial charge in [0.1, 0.15) is 16.8 Å². The van der Waals surface area contributed by atoms with Crippen molar-refractivity contribution in [2.75, 3.05) is 5.73 Å². The van der Waals surface area contributed by atoms with Crippen LogP contribution >= 0.6 is 0 Å². The molecular formula is C11H10F3N3O3. The molecule has 20 heavy (non-hydrogen) atoms. The molecule has 0 spiro atoms. The molecule has 1 aliphatic carbocycles. The summed E-state index contributed by atoms with van der Waals surface area (Å²) < 4.78 is 38.2. The number of carbonyl (C=O) groups is 1. The Morgan fingerprint density at radius 3 is 2.45 bits per heavy atom. The maximum absolute atomic E-state index is 12.7. The van der Waals surface area contributed by atoms with Gasteiger partial charge in [-0.1, -0.05) is 6.07 Å². The van der Waals surface area contributed by atoms with Crippen LogP contribution in [-0.4, -0.2) is 22.5 Å². The lowest BCUT2D eigenvalue weighted by atomic mass is 10.1. The molecule has 6 nitrogen and oxygen atoms in total. The van der Waals surface area contributed by atoms with Gasteiger partial charge >= 0.3 is 11.9 Å². The third-order valence-corrected chi connectivity index (χ3v) is 3.14. The van der Waals surface area contributed by atoms with E-state index in [1.54, 1.807) is 0 Å². The first-order chi connectivity index (χ1) is 9.18. The molecular weight excluding hydrogens is 279 g/mol. The number of hydrogen-bond acceptors (Lipinski definition) is 4. The van der Waals surface area contributed by atoms with E-state index in [1.807, 2.05) is 5.32 Å². The predicted molar refractivity (Wildman–Crippen MR) is 63.0 cm³/mol. The summed E-state index contributed by atoms with van der Waals surface area (Å²) in [5, 5.41) is 12.7. The molecule has 0 heterocycles. The van der Waals surface area contributed by atoms with Gasteiger partial charge in [0.2, 0.25) is 0 Å². The molecule has 1 amide bonds. The fourth-order valence-corrected chi connectivity index (χ4v) is 1.84. The van der Waals surface area contributed by atoms with Crippen LogP contribution in [0.25, 0.3) is 0 Å². The van der Waals surface area contributed by atoms with Crippen LogP contribution in [0.2, 0.25) is 0 Å². The molecule has 9 heteroatoms. The average Bonchev–Trinajstić information content (AvgIpc) is 3.08. The van der Waals surface area contributed by atoms with E-state index < -0.39 is 33.8 Å². The summed E-state index contributed by atoms with van der Waals surface area (Å²) in [6.07, 6.45) is -5.06. The average molecular weight is 289 g/mol. The van der Waals surface area contributed by atoms with Gasteiger partial charge in [-0.3, -0.25) is 14.9 Å². The van der Waals surface area contributed by atoms with E-state index in [9.17, 15) is 28.1 Å². The summed E-state index contributed by atoms with van der Waals surface area (Å²) in [6, 6.07) is 3.53. The Bertz CT molecular complexity index is 582. The first-order valence-corrected chi connectivity index (χ1v) is 5.60. The lowest BCUT2D eigenvalue weighted by Gasteiger charge is -2.20. The molecule has 2 rings (SSSR count). The number of nitro groups is 1. The zero-order chi connectivity index (χ0) is 15.1. The van der Waals surface area contributed by atoms with Gasteiger partial charge in [-0.05, 0) is 25.0 Å². The molecule has 0 aliphatic heterocycles. The highest BCUT2D eigenvalue weighted by atomic mass is 19.4. The quantitative estimate of drug-likeness (QED) is 0.505. The maximum atomic E-state index is 12.7. The van der Waals surface area contributed by atoms with E-state index in [0.29, 0.717) is 0 Å². The predicted octanol–water partition coefficient (Wildman–Crippen LogP) is 2.00. The van der Waals surface area contributed by atoms with Gasteiger partial charge in [0, 0.05) is 0 Å². The minimum atomic E-state index is -4.59. The number of anilines is 1. The second kappa shape index (κ2) is 4.36. The number of nitrogens with zero attached hydrogens (tertiary/aromatic N) is 1. The Hall–Kier alpha value is -2.32. The molecule has 1 fully saturated rings. The molecule has 1 aromatic rings. The van der Waals surface area contributed by atoms with E-state index in [2.05, 4.69) is 0 Å². The Labute approximate surface area is 110 Å². The van der Waals surface area contributed by atoms with Crippen molar-refractivity contribution in [3.05, 3.63) is 33.9 Å². The van der Waals surface area contributed by atoms with Gasteiger partial charge < -0.3 is 11.1 Å². The molecule has 3 N–H and O–H groups in total. The molecule has 0 bridgehead atoms. The fraction of sp³-hybridized carbons (Fsp3) is 0.364. The number of nitrogens with one attached hydrogen (secondary N) is 1. The molecule has 0 saturated heterocycles. The first-order valence-electron chi connectivity index (χ1n) is 5.60. The third-order valence-electron chi connectivity index (χ3n) is 3.14. The van der Waals surface area contributed by atoms with Crippen LogP contribution < -0.4 is 11.1 Å². The highest BCUT2D eigenvalue weighted by Crippen LogP contribution is 2.49. The number of alkyl halides is 3. The molecule has 0 atom stereocenters. The molecule has 0 aromatic heterocycles. The monoisotopic (exact) mass is 289 g/mol. The van der Waals surface area contributed by atoms with Crippen LogP contribution in [0, 0.1) is 10.1 Å². The topological polar surface area (TPSA) is 98.3 Å². The summed E-state index contributed by atoms with van der Waals surface area (Å²) in [5.41, 5.74) is 1.66. The van der Waals surface area contributed by atoms with E-state index in [-0.39, 0.29) is 18.5 Å². The van der Waals surface area contributed by atoms with Crippen molar-refractivity contribution in [1.29, 1.82) is 0 Å². The van der Waals surface area contributed by atoms with Gasteiger partial charge in [-0.2, -0.15) is 13.2 Å². The summed E-state index contributed by atoms with van der Waals surface area (Å²) in [4.78, 5) is 21.8. The van der Waals surface area contributed by atoms with Crippen molar-refractivity contribution in [3.8, 4) is 0 Å². The summed E-state index contributed by atoms with van der Waals surface area (Å²) in [7, 11) is 0. The van der Waals surface area contributed by atoms with Gasteiger partial charge in [-0.25, -0.2) is 0 Å². The van der Waals surface area contributed by atoms with Gasteiger partial charge in [0.15, 0.2) is 0 Å². The molecule has 1 aliphatic rings. The minimum absolute atomic E-state index is 0.238. The Kier molecular flexibility index (Phi) is 3.07. The fourth-order valence-electron chi connectivity index (χ4n) is 1.84. The standard InChI is InChI=1S/C11H10F3N3O3/c12-11(13,14)10(4-5-10)16-9(18)6-2-1-3-7(15)8(6)17(19)20/h1-3H,4-5,15H2,(H,16,18). The zero-order valence-electron chi connectivity index (χ0n) is 10.0. The number of amides is 1. The van der Waals surface area contributed by atoms with Crippen molar-refractivity contribution in [3.63, 3.8) is 0 Å². The van der Waals surface area contributed by atoms with E-state index in [1.165, 1.54) is 12.1 Å². The lowest BCUT2D eigenvalue weighted by molar-refractivity contribution is -0.384. The lowest BCUT2D eigenvalue weighted by Crippen LogP contribution is -2.48. The number of halogens is 3. The van der Waals surface area contributed by atoms with Gasteiger partial charge in [0.05, 0.1) is 4.92 Å². The van der Waals surface area contributed by atoms with Crippen LogP contribution in [0.3, 0.4) is 0 Å². The summed E-state index contributed by atoms with van der Waals surface area (Å²) >= 11 is 0. The van der Waals surface area contributed by atoms with Crippen molar-refractivity contribution in [1.82, 2.24) is 5.32 Å². The van der Waals surface area contributed by atoms with Crippen LogP contribution in [-0.2, 0) is 0 Å². The Balaban J connectivity index is 2.32. The van der Waals surface area contributed by atoms with Crippen molar-refractivity contribution < 1.29 is 22.9 Å². The molecule has 1 aromatic carbocycles. The van der Waals surface area contributed by atoms with Crippen molar-refractivity contribution in [2.24, 2.45) is 0 Å². The number of nitro benzene ring substituents is 1. The molecule has 1 saturated carbocycles. The SMILES string of the molecule is Nc1cccc(C(=O)NC2(C(F)(F)F)CC2)c1[N+](=O)[O-]. The number of nitrogens with two attached hydrogens (primary N) is 1. The summed E-state index contributed by atoms with van der Waals surface area (Å²) in [6.45, 7) is 0. The number of hydrogen-bond donors (Lipinski definition) is 2. The number of para-hydroxylation sites is 1. The second-order valence-electron chi connectivity index (χ2n) is 4.53. The highest BCUT2D eigenvalue weighted by Gasteiger charge is 2.64. The van der Waals surface area contributed by atoms with Gasteiger partial charge in [-0.15, -0.1) is 0 Å². The first kappa shape index (κ1) is 14.1. The van der Waals surface area contributed by atoms with Crippen LogP contribution in [0.15, 0.2) is 18.2 Å². The number of carbonyl (C=O) groups excluding carboxylic acids is 1. The number of benzene rings is 1. The Morgan fingerprint density at radius 2 is 2.00 bits per heavy atom. The summed E-state index contributed by atoms with van der Waals surface area (Å²) in [5.74, 6) is -1.15. The van der Waals surface area contributed by atoms with Crippen LogP contribution in [0.5, 0.6) is 0 Å². The van der Waals surface area contributed by atoms with E-state index >= 15 is 0 Å². The molecule has 0 radical (unpaired) electrons. The Morgan fingerprint density at radius 1 is 1.40 bits per heavy atom. The molecule has 108 valence electrons. The zero-order valence-corrected chi connectivity index (χ0v) is 10.0. The minimum Gasteiger partial charge on any atom is -0.393 e.